The molecule has 0 spiro atoms. The monoisotopic (exact) mass is 682 g/mol. The molecule has 1 aromatic heterocycles. The lowest BCUT2D eigenvalue weighted by Gasteiger charge is -2.27. The van der Waals surface area contributed by atoms with E-state index in [1.807, 2.05) is 42.5 Å². The summed E-state index contributed by atoms with van der Waals surface area (Å²) in [7, 11) is 0. The normalized spacial score (nSPS) is 11.8. The van der Waals surface area contributed by atoms with Gasteiger partial charge in [-0.2, -0.15) is 0 Å². The number of nitrogens with zero attached hydrogens (tertiary/aromatic N) is 2. The fourth-order valence-electron chi connectivity index (χ4n) is 8.02. The largest absolute Gasteiger partial charge is 0.309 e. The first-order valence-electron chi connectivity index (χ1n) is 17.0. The molecule has 9 aromatic carbocycles. The Morgan fingerprint density at radius 1 is 0.404 bits per heavy atom. The molecule has 52 heavy (non-hydrogen) atoms. The Morgan fingerprint density at radius 2 is 0.942 bits per heavy atom. The number of hydrogen-bond acceptors (Lipinski definition) is 1. The molecule has 1 heterocycles. The molecule has 0 amide bonds. The Bertz CT molecular complexity index is 2920. The molecule has 0 bridgehead atoms. The first-order chi connectivity index (χ1) is 25.5. The summed E-state index contributed by atoms with van der Waals surface area (Å²) >= 11 is 0. The molecule has 0 N–H and O–H groups in total. The molecule has 6 heteroatoms. The van der Waals surface area contributed by atoms with E-state index in [2.05, 4.69) is 41.0 Å². The summed E-state index contributed by atoms with van der Waals surface area (Å²) < 4.78 is 68.2. The third-order valence-electron chi connectivity index (χ3n) is 10.2. The average molecular weight is 683 g/mol. The Labute approximate surface area is 295 Å². The molecule has 0 atom stereocenters. The number of hydrogen-bond donors (Lipinski definition) is 0. The van der Waals surface area contributed by atoms with Crippen LogP contribution in [0.5, 0.6) is 0 Å². The molecule has 2 nitrogen and oxygen atoms in total. The van der Waals surface area contributed by atoms with Crippen molar-refractivity contribution in [2.75, 3.05) is 4.90 Å². The van der Waals surface area contributed by atoms with Crippen LogP contribution in [0.2, 0.25) is 0 Å². The zero-order valence-corrected chi connectivity index (χ0v) is 27.4. The van der Waals surface area contributed by atoms with E-state index in [4.69, 9.17) is 0 Å². The first kappa shape index (κ1) is 30.2. The van der Waals surface area contributed by atoms with Crippen molar-refractivity contribution in [1.29, 1.82) is 0 Å². The minimum atomic E-state index is -1.48. The molecule has 248 valence electrons. The van der Waals surface area contributed by atoms with Gasteiger partial charge in [0.15, 0.2) is 23.3 Å². The number of aromatic nitrogens is 1. The van der Waals surface area contributed by atoms with Crippen molar-refractivity contribution in [2.24, 2.45) is 0 Å². The van der Waals surface area contributed by atoms with Crippen molar-refractivity contribution in [2.45, 2.75) is 0 Å². The molecule has 0 unspecified atom stereocenters. The summed E-state index contributed by atoms with van der Waals surface area (Å²) in [4.78, 5) is 1.20. The van der Waals surface area contributed by atoms with Crippen LogP contribution in [0.25, 0.3) is 70.9 Å². The van der Waals surface area contributed by atoms with Crippen molar-refractivity contribution in [3.63, 3.8) is 0 Å². The van der Waals surface area contributed by atoms with Crippen molar-refractivity contribution in [3.05, 3.63) is 181 Å². The number of benzene rings is 9. The van der Waals surface area contributed by atoms with Gasteiger partial charge < -0.3 is 9.47 Å². The van der Waals surface area contributed by atoms with Gasteiger partial charge in [0.25, 0.3) is 0 Å². The van der Waals surface area contributed by atoms with E-state index in [0.29, 0.717) is 16.8 Å². The van der Waals surface area contributed by atoms with E-state index in [0.717, 1.165) is 54.4 Å². The summed E-state index contributed by atoms with van der Waals surface area (Å²) in [6.45, 7) is 0. The number of rotatable bonds is 5. The number of fused-ring (bicyclic) bond motifs is 4. The van der Waals surface area contributed by atoms with E-state index in [9.17, 15) is 0 Å². The first-order valence-corrected chi connectivity index (χ1v) is 17.0. The Kier molecular flexibility index (Phi) is 6.64. The van der Waals surface area contributed by atoms with E-state index >= 15 is 17.6 Å². The molecule has 10 rings (SSSR count). The lowest BCUT2D eigenvalue weighted by molar-refractivity contribution is 0.461. The maximum Gasteiger partial charge on any atom is 0.186 e. The average Bonchev–Trinajstić information content (AvgIpc) is 3.53. The molecule has 0 aliphatic rings. The molecule has 0 saturated heterocycles. The summed E-state index contributed by atoms with van der Waals surface area (Å²) in [5, 5.41) is 7.05. The fraction of sp³-hybridized carbons (Fsp3) is 0. The van der Waals surface area contributed by atoms with Gasteiger partial charge >= 0.3 is 0 Å². The quantitative estimate of drug-likeness (QED) is 0.0997. The fourth-order valence-corrected chi connectivity index (χ4v) is 8.02. The van der Waals surface area contributed by atoms with Crippen LogP contribution in [0.3, 0.4) is 0 Å². The minimum absolute atomic E-state index is 0.0685. The Hall–Kier alpha value is -6.66. The lowest BCUT2D eigenvalue weighted by Crippen LogP contribution is -2.16. The van der Waals surface area contributed by atoms with E-state index in [-0.39, 0.29) is 5.56 Å². The zero-order valence-electron chi connectivity index (χ0n) is 27.4. The third kappa shape index (κ3) is 4.24. The van der Waals surface area contributed by atoms with Crippen molar-refractivity contribution >= 4 is 71.2 Å². The van der Waals surface area contributed by atoms with Crippen molar-refractivity contribution < 1.29 is 17.6 Å². The minimum Gasteiger partial charge on any atom is -0.309 e. The maximum absolute atomic E-state index is 16.5. The molecule has 0 aliphatic carbocycles. The Morgan fingerprint density at radius 3 is 1.62 bits per heavy atom. The SMILES string of the molecule is Fc1c(F)c(N(c2ccccc2)c2ccccc2)c(F)c(F)c1-c1ccc2ccc3c4c(ccc1c24)cc1c3c2ccccc2n1-c1ccccc1. The molecular weight excluding hydrogens is 657 g/mol. The highest BCUT2D eigenvalue weighted by molar-refractivity contribution is 6.34. The number of anilines is 3. The van der Waals surface area contributed by atoms with Gasteiger partial charge in [0.2, 0.25) is 0 Å². The number of halogens is 4. The zero-order chi connectivity index (χ0) is 35.1. The van der Waals surface area contributed by atoms with Crippen LogP contribution in [-0.4, -0.2) is 4.57 Å². The number of para-hydroxylation sites is 4. The van der Waals surface area contributed by atoms with Crippen LogP contribution in [0.4, 0.5) is 34.6 Å². The molecule has 10 aromatic rings. The van der Waals surface area contributed by atoms with Gasteiger partial charge in [-0.3, -0.25) is 0 Å². The van der Waals surface area contributed by atoms with Gasteiger partial charge in [0.1, 0.15) is 5.69 Å². The van der Waals surface area contributed by atoms with Crippen LogP contribution in [0.1, 0.15) is 0 Å². The summed E-state index contributed by atoms with van der Waals surface area (Å²) in [5.74, 6) is -5.89. The van der Waals surface area contributed by atoms with Gasteiger partial charge in [-0.25, -0.2) is 17.6 Å². The van der Waals surface area contributed by atoms with Crippen LogP contribution in [0, 0.1) is 23.3 Å². The second-order valence-corrected chi connectivity index (χ2v) is 13.0. The summed E-state index contributed by atoms with van der Waals surface area (Å²) in [6, 6.07) is 48.5. The maximum atomic E-state index is 16.5. The van der Waals surface area contributed by atoms with Gasteiger partial charge in [-0.1, -0.05) is 109 Å². The van der Waals surface area contributed by atoms with Crippen LogP contribution >= 0.6 is 0 Å². The summed E-state index contributed by atoms with van der Waals surface area (Å²) in [5.41, 5.74) is 2.29. The van der Waals surface area contributed by atoms with Gasteiger partial charge in [0.05, 0.1) is 16.6 Å². The molecular formula is C46H26F4N2. The molecule has 0 saturated carbocycles. The highest BCUT2D eigenvalue weighted by atomic mass is 19.2. The van der Waals surface area contributed by atoms with E-state index in [1.165, 1.54) is 4.90 Å². The predicted molar refractivity (Wildman–Crippen MR) is 204 cm³/mol. The van der Waals surface area contributed by atoms with Crippen molar-refractivity contribution in [1.82, 2.24) is 4.57 Å². The highest BCUT2D eigenvalue weighted by Gasteiger charge is 2.32. The Balaban J connectivity index is 1.25. The van der Waals surface area contributed by atoms with Crippen LogP contribution in [0.15, 0.2) is 158 Å². The second-order valence-electron chi connectivity index (χ2n) is 13.0. The van der Waals surface area contributed by atoms with Gasteiger partial charge in [-0.05, 0) is 86.4 Å². The standard InChI is InChI=1S/C46H26F4N2/c47-42-41(43(48)45(50)46(44(42)49)51(29-12-4-1-5-13-29)30-14-6-2-7-15-30)33-23-20-27-21-25-35-39-28(22-24-32(33)38(27)39)26-37-40(35)34-18-10-11-19-36(34)52(37)31-16-8-3-9-17-31/h1-26H. The van der Waals surface area contributed by atoms with Crippen LogP contribution < -0.4 is 4.90 Å². The molecule has 0 fully saturated rings. The van der Waals surface area contributed by atoms with Gasteiger partial charge in [-0.15, -0.1) is 0 Å². The van der Waals surface area contributed by atoms with Crippen molar-refractivity contribution in [3.8, 4) is 16.8 Å². The topological polar surface area (TPSA) is 8.17 Å². The van der Waals surface area contributed by atoms with Gasteiger partial charge in [0, 0.05) is 27.8 Å². The second kappa shape index (κ2) is 11.4. The molecule has 0 aliphatic heterocycles. The van der Waals surface area contributed by atoms with E-state index < -0.39 is 34.5 Å². The van der Waals surface area contributed by atoms with Crippen LogP contribution in [-0.2, 0) is 0 Å². The highest BCUT2D eigenvalue weighted by Crippen LogP contribution is 2.48. The third-order valence-corrected chi connectivity index (χ3v) is 10.2. The predicted octanol–water partition coefficient (Wildman–Crippen LogP) is 13.4. The smallest absolute Gasteiger partial charge is 0.186 e. The lowest BCUT2D eigenvalue weighted by atomic mass is 9.88. The van der Waals surface area contributed by atoms with E-state index in [1.54, 1.807) is 78.9 Å². The molecule has 0 radical (unpaired) electrons. The summed E-state index contributed by atoms with van der Waals surface area (Å²) in [6.07, 6.45) is 0.